The summed E-state index contributed by atoms with van der Waals surface area (Å²) in [4.78, 5) is 27.5. The number of rotatable bonds is 2. The molecule has 1 aromatic heterocycles. The molecule has 28 heavy (non-hydrogen) atoms. The molecule has 0 unspecified atom stereocenters. The molecule has 2 atom stereocenters. The average Bonchev–Trinajstić information content (AvgIpc) is 2.68. The number of nitrogens with one attached hydrogen (secondary N) is 1. The van der Waals surface area contributed by atoms with Gasteiger partial charge in [-0.25, -0.2) is 4.79 Å². The van der Waals surface area contributed by atoms with E-state index in [-0.39, 0.29) is 29.5 Å². The molecule has 3 heterocycles. The number of hydrogen-bond acceptors (Lipinski definition) is 3. The van der Waals surface area contributed by atoms with Crippen LogP contribution >= 0.6 is 0 Å². The summed E-state index contributed by atoms with van der Waals surface area (Å²) in [5.41, 5.74) is 2.93. The van der Waals surface area contributed by atoms with Crippen LogP contribution in [-0.4, -0.2) is 34.6 Å². The molecule has 2 amide bonds. The van der Waals surface area contributed by atoms with Crippen LogP contribution in [0.25, 0.3) is 11.1 Å². The fraction of sp³-hybridized carbons (Fsp3) is 0.409. The second-order valence-corrected chi connectivity index (χ2v) is 8.09. The number of urea groups is 1. The minimum Gasteiger partial charge on any atom is -0.336 e. The minimum atomic E-state index is -0.0227. The molecule has 1 saturated heterocycles. The van der Waals surface area contributed by atoms with E-state index in [2.05, 4.69) is 11.4 Å². The van der Waals surface area contributed by atoms with Crippen LogP contribution in [0.4, 0.5) is 4.79 Å². The van der Waals surface area contributed by atoms with Crippen LogP contribution in [-0.2, 0) is 6.54 Å². The first-order chi connectivity index (χ1) is 13.5. The van der Waals surface area contributed by atoms with Crippen molar-refractivity contribution < 1.29 is 4.79 Å². The van der Waals surface area contributed by atoms with Crippen molar-refractivity contribution in [1.29, 1.82) is 5.26 Å². The van der Waals surface area contributed by atoms with E-state index in [0.29, 0.717) is 30.8 Å². The Kier molecular flexibility index (Phi) is 4.68. The van der Waals surface area contributed by atoms with E-state index in [9.17, 15) is 9.59 Å². The standard InChI is InChI=1S/C22H24N4O2/c1-14(2)24-22(28)25-11-16-9-18(13-25)20-7-6-19(21(27)26(20)12-16)17-5-3-4-15(8-17)10-23/h3-8,14,16,18H,9,11-13H2,1-2H3,(H,24,28)/t16-,18-/m1/s1. The number of benzene rings is 1. The van der Waals surface area contributed by atoms with Crippen LogP contribution in [0, 0.1) is 17.2 Å². The summed E-state index contributed by atoms with van der Waals surface area (Å²) in [6.45, 7) is 5.86. The zero-order valence-electron chi connectivity index (χ0n) is 16.2. The quantitative estimate of drug-likeness (QED) is 0.875. The van der Waals surface area contributed by atoms with E-state index in [1.807, 2.05) is 41.5 Å². The Labute approximate surface area is 164 Å². The molecule has 2 aliphatic rings. The Hall–Kier alpha value is -3.07. The van der Waals surface area contributed by atoms with Gasteiger partial charge in [-0.15, -0.1) is 0 Å². The number of amides is 2. The molecule has 2 aliphatic heterocycles. The lowest BCUT2D eigenvalue weighted by Crippen LogP contribution is -2.52. The van der Waals surface area contributed by atoms with E-state index in [1.165, 1.54) is 0 Å². The first kappa shape index (κ1) is 18.3. The van der Waals surface area contributed by atoms with Crippen molar-refractivity contribution in [2.45, 2.75) is 38.8 Å². The molecule has 6 nitrogen and oxygen atoms in total. The van der Waals surface area contributed by atoms with Gasteiger partial charge in [0.05, 0.1) is 11.6 Å². The van der Waals surface area contributed by atoms with Gasteiger partial charge in [0.1, 0.15) is 0 Å². The third kappa shape index (κ3) is 3.29. The van der Waals surface area contributed by atoms with Crippen molar-refractivity contribution in [2.24, 2.45) is 5.92 Å². The van der Waals surface area contributed by atoms with Crippen molar-refractivity contribution >= 4 is 6.03 Å². The zero-order valence-corrected chi connectivity index (χ0v) is 16.2. The molecule has 4 rings (SSSR count). The Morgan fingerprint density at radius 2 is 2.04 bits per heavy atom. The highest BCUT2D eigenvalue weighted by molar-refractivity contribution is 5.74. The van der Waals surface area contributed by atoms with Gasteiger partial charge in [0.25, 0.3) is 5.56 Å². The summed E-state index contributed by atoms with van der Waals surface area (Å²) < 4.78 is 1.88. The lowest BCUT2D eigenvalue weighted by Gasteiger charge is -2.43. The smallest absolute Gasteiger partial charge is 0.317 e. The van der Waals surface area contributed by atoms with Gasteiger partial charge in [-0.1, -0.05) is 12.1 Å². The first-order valence-electron chi connectivity index (χ1n) is 9.76. The summed E-state index contributed by atoms with van der Waals surface area (Å²) in [5, 5.41) is 12.1. The predicted octanol–water partition coefficient (Wildman–Crippen LogP) is 2.92. The molecule has 6 heteroatoms. The Morgan fingerprint density at radius 1 is 1.21 bits per heavy atom. The van der Waals surface area contributed by atoms with E-state index in [0.717, 1.165) is 17.7 Å². The Balaban J connectivity index is 1.66. The van der Waals surface area contributed by atoms with E-state index in [4.69, 9.17) is 5.26 Å². The normalized spacial score (nSPS) is 20.4. The molecule has 1 fully saturated rings. The third-order valence-corrected chi connectivity index (χ3v) is 5.61. The summed E-state index contributed by atoms with van der Waals surface area (Å²) in [6, 6.07) is 13.2. The van der Waals surface area contributed by atoms with Crippen LogP contribution < -0.4 is 10.9 Å². The SMILES string of the molecule is CC(C)NC(=O)N1C[C@H]2C[C@H](C1)c1ccc(-c3cccc(C#N)c3)c(=O)n1C2. The molecule has 1 aromatic carbocycles. The maximum Gasteiger partial charge on any atom is 0.317 e. The minimum absolute atomic E-state index is 0.0117. The Morgan fingerprint density at radius 3 is 2.79 bits per heavy atom. The van der Waals surface area contributed by atoms with Gasteiger partial charge in [-0.3, -0.25) is 4.79 Å². The van der Waals surface area contributed by atoms with Gasteiger partial charge >= 0.3 is 6.03 Å². The molecule has 0 saturated carbocycles. The maximum atomic E-state index is 13.2. The van der Waals surface area contributed by atoms with Gasteiger partial charge in [-0.05, 0) is 56.0 Å². The van der Waals surface area contributed by atoms with Crippen LogP contribution in [0.2, 0.25) is 0 Å². The molecule has 1 N–H and O–H groups in total. The highest BCUT2D eigenvalue weighted by atomic mass is 16.2. The van der Waals surface area contributed by atoms with Gasteiger partial charge in [0.15, 0.2) is 0 Å². The number of likely N-dealkylation sites (tertiary alicyclic amines) is 1. The van der Waals surface area contributed by atoms with Crippen LogP contribution in [0.15, 0.2) is 41.2 Å². The highest BCUT2D eigenvalue weighted by Gasteiger charge is 2.36. The molecule has 2 bridgehead atoms. The number of aromatic nitrogens is 1. The van der Waals surface area contributed by atoms with Gasteiger partial charge < -0.3 is 14.8 Å². The van der Waals surface area contributed by atoms with E-state index < -0.39 is 0 Å². The predicted molar refractivity (Wildman–Crippen MR) is 107 cm³/mol. The molecule has 0 spiro atoms. The summed E-state index contributed by atoms with van der Waals surface area (Å²) in [6.07, 6.45) is 1.01. The Bertz CT molecular complexity index is 1020. The van der Waals surface area contributed by atoms with E-state index >= 15 is 0 Å². The summed E-state index contributed by atoms with van der Waals surface area (Å²) >= 11 is 0. The molecule has 2 aromatic rings. The van der Waals surface area contributed by atoms with Gasteiger partial charge in [-0.2, -0.15) is 5.26 Å². The number of hydrogen-bond donors (Lipinski definition) is 1. The van der Waals surface area contributed by atoms with Crippen molar-refractivity contribution in [3.05, 3.63) is 58.0 Å². The summed E-state index contributed by atoms with van der Waals surface area (Å²) in [5.74, 6) is 0.458. The lowest BCUT2D eigenvalue weighted by atomic mass is 9.83. The summed E-state index contributed by atoms with van der Waals surface area (Å²) in [7, 11) is 0. The van der Waals surface area contributed by atoms with Crippen molar-refractivity contribution in [1.82, 2.24) is 14.8 Å². The van der Waals surface area contributed by atoms with Crippen molar-refractivity contribution in [3.8, 4) is 17.2 Å². The van der Waals surface area contributed by atoms with Gasteiger partial charge in [0, 0.05) is 42.9 Å². The number of pyridine rings is 1. The second-order valence-electron chi connectivity index (χ2n) is 8.09. The molecule has 144 valence electrons. The number of carbonyl (C=O) groups excluding carboxylic acids is 1. The number of fused-ring (bicyclic) bond motifs is 4. The topological polar surface area (TPSA) is 78.1 Å². The molecule has 0 radical (unpaired) electrons. The monoisotopic (exact) mass is 376 g/mol. The molecular formula is C22H24N4O2. The molecular weight excluding hydrogens is 352 g/mol. The average molecular weight is 376 g/mol. The van der Waals surface area contributed by atoms with Crippen LogP contribution in [0.3, 0.4) is 0 Å². The van der Waals surface area contributed by atoms with Crippen LogP contribution in [0.5, 0.6) is 0 Å². The van der Waals surface area contributed by atoms with Crippen LogP contribution in [0.1, 0.15) is 37.4 Å². The number of carbonyl (C=O) groups is 1. The van der Waals surface area contributed by atoms with Crippen molar-refractivity contribution in [3.63, 3.8) is 0 Å². The van der Waals surface area contributed by atoms with E-state index in [1.54, 1.807) is 18.2 Å². The third-order valence-electron chi connectivity index (χ3n) is 5.61. The zero-order chi connectivity index (χ0) is 19.8. The maximum absolute atomic E-state index is 13.2. The largest absolute Gasteiger partial charge is 0.336 e. The lowest BCUT2D eigenvalue weighted by molar-refractivity contribution is 0.130. The second kappa shape index (κ2) is 7.16. The molecule has 0 aliphatic carbocycles. The first-order valence-corrected chi connectivity index (χ1v) is 9.76. The fourth-order valence-corrected chi connectivity index (χ4v) is 4.43. The van der Waals surface area contributed by atoms with Gasteiger partial charge in [0.2, 0.25) is 0 Å². The van der Waals surface area contributed by atoms with Crippen molar-refractivity contribution in [2.75, 3.05) is 13.1 Å². The number of piperidine rings is 1. The fourth-order valence-electron chi connectivity index (χ4n) is 4.43. The number of nitrogens with zero attached hydrogens (tertiary/aromatic N) is 3. The number of nitriles is 1. The highest BCUT2D eigenvalue weighted by Crippen LogP contribution is 2.35.